The molecular formula is C22H21N3O2S. The number of carbonyl (C=O) groups is 1. The minimum atomic E-state index is -0.0146. The fraction of sp³-hybridized carbons (Fsp3) is 0.273. The van der Waals surface area contributed by atoms with Gasteiger partial charge in [-0.25, -0.2) is 0 Å². The Morgan fingerprint density at radius 1 is 1.21 bits per heavy atom. The summed E-state index contributed by atoms with van der Waals surface area (Å²) < 4.78 is 8.05. The SMILES string of the molecule is CSCc1c(C(=O)N2CCC(n3ncc4ccccc43)C2)oc2ccccc12. The smallest absolute Gasteiger partial charge is 0.290 e. The van der Waals surface area contributed by atoms with E-state index in [4.69, 9.17) is 4.42 Å². The van der Waals surface area contributed by atoms with Gasteiger partial charge in [-0.05, 0) is 24.8 Å². The number of hydrogen-bond donors (Lipinski definition) is 0. The molecule has 1 aliphatic heterocycles. The lowest BCUT2D eigenvalue weighted by Gasteiger charge is -2.16. The Balaban J connectivity index is 1.44. The predicted octanol–water partition coefficient (Wildman–Crippen LogP) is 4.73. The van der Waals surface area contributed by atoms with Crippen molar-refractivity contribution in [1.82, 2.24) is 14.7 Å². The van der Waals surface area contributed by atoms with E-state index in [2.05, 4.69) is 21.9 Å². The van der Waals surface area contributed by atoms with Crippen LogP contribution in [-0.4, -0.2) is 39.9 Å². The number of hydrogen-bond acceptors (Lipinski definition) is 4. The Morgan fingerprint density at radius 2 is 2.04 bits per heavy atom. The molecule has 2 aromatic carbocycles. The van der Waals surface area contributed by atoms with E-state index in [9.17, 15) is 4.79 Å². The monoisotopic (exact) mass is 391 g/mol. The average Bonchev–Trinajstić information content (AvgIpc) is 3.44. The molecule has 0 saturated carbocycles. The average molecular weight is 391 g/mol. The molecule has 0 aliphatic carbocycles. The first-order valence-corrected chi connectivity index (χ1v) is 10.9. The van der Waals surface area contributed by atoms with Crippen molar-refractivity contribution in [1.29, 1.82) is 0 Å². The Kier molecular flexibility index (Phi) is 4.36. The molecule has 1 amide bonds. The molecule has 4 aromatic rings. The van der Waals surface area contributed by atoms with E-state index < -0.39 is 0 Å². The minimum absolute atomic E-state index is 0.0146. The van der Waals surface area contributed by atoms with E-state index >= 15 is 0 Å². The molecule has 5 nitrogen and oxygen atoms in total. The first-order chi connectivity index (χ1) is 13.8. The summed E-state index contributed by atoms with van der Waals surface area (Å²) in [6.07, 6.45) is 4.84. The maximum Gasteiger partial charge on any atom is 0.290 e. The summed E-state index contributed by atoms with van der Waals surface area (Å²) in [4.78, 5) is 15.2. The van der Waals surface area contributed by atoms with E-state index in [0.29, 0.717) is 18.8 Å². The molecule has 0 N–H and O–H groups in total. The van der Waals surface area contributed by atoms with E-state index in [0.717, 1.165) is 39.6 Å². The van der Waals surface area contributed by atoms with Crippen molar-refractivity contribution < 1.29 is 9.21 Å². The van der Waals surface area contributed by atoms with Gasteiger partial charge in [0.1, 0.15) is 5.58 Å². The molecule has 1 saturated heterocycles. The van der Waals surface area contributed by atoms with Crippen LogP contribution in [0.2, 0.25) is 0 Å². The number of fused-ring (bicyclic) bond motifs is 2. The Bertz CT molecular complexity index is 1160. The molecule has 2 aromatic heterocycles. The highest BCUT2D eigenvalue weighted by molar-refractivity contribution is 7.97. The van der Waals surface area contributed by atoms with Crippen molar-refractivity contribution in [3.8, 4) is 0 Å². The van der Waals surface area contributed by atoms with Gasteiger partial charge in [0.25, 0.3) is 5.91 Å². The zero-order chi connectivity index (χ0) is 19.1. The summed E-state index contributed by atoms with van der Waals surface area (Å²) in [5.41, 5.74) is 2.90. The summed E-state index contributed by atoms with van der Waals surface area (Å²) in [6.45, 7) is 1.37. The molecule has 28 heavy (non-hydrogen) atoms. The maximum absolute atomic E-state index is 13.3. The van der Waals surface area contributed by atoms with Crippen molar-refractivity contribution in [2.24, 2.45) is 0 Å². The van der Waals surface area contributed by atoms with Crippen LogP contribution in [0.25, 0.3) is 21.9 Å². The number of aromatic nitrogens is 2. The van der Waals surface area contributed by atoms with E-state index in [1.807, 2.05) is 53.8 Å². The largest absolute Gasteiger partial charge is 0.451 e. The van der Waals surface area contributed by atoms with Crippen molar-refractivity contribution in [3.05, 3.63) is 66.1 Å². The van der Waals surface area contributed by atoms with Gasteiger partial charge in [0.05, 0.1) is 17.8 Å². The van der Waals surface area contributed by atoms with Gasteiger partial charge in [-0.15, -0.1) is 0 Å². The molecule has 6 heteroatoms. The quantitative estimate of drug-likeness (QED) is 0.504. The fourth-order valence-electron chi connectivity index (χ4n) is 4.11. The summed E-state index contributed by atoms with van der Waals surface area (Å²) in [7, 11) is 0. The molecule has 0 radical (unpaired) electrons. The van der Waals surface area contributed by atoms with Crippen molar-refractivity contribution >= 4 is 39.5 Å². The number of furan rings is 1. The van der Waals surface area contributed by atoms with E-state index in [1.165, 1.54) is 0 Å². The molecule has 0 bridgehead atoms. The number of likely N-dealkylation sites (tertiary alicyclic amines) is 1. The first kappa shape index (κ1) is 17.4. The van der Waals surface area contributed by atoms with Gasteiger partial charge >= 0.3 is 0 Å². The maximum atomic E-state index is 13.3. The van der Waals surface area contributed by atoms with Gasteiger partial charge in [-0.3, -0.25) is 9.48 Å². The van der Waals surface area contributed by atoms with Crippen LogP contribution in [0.3, 0.4) is 0 Å². The van der Waals surface area contributed by atoms with Gasteiger partial charge in [0, 0.05) is 35.2 Å². The van der Waals surface area contributed by atoms with E-state index in [1.54, 1.807) is 11.8 Å². The summed E-state index contributed by atoms with van der Waals surface area (Å²) >= 11 is 1.70. The number of benzene rings is 2. The van der Waals surface area contributed by atoms with Gasteiger partial charge < -0.3 is 9.32 Å². The molecule has 1 atom stereocenters. The molecule has 1 aliphatic rings. The zero-order valence-electron chi connectivity index (χ0n) is 15.7. The molecule has 1 fully saturated rings. The molecule has 5 rings (SSSR count). The van der Waals surface area contributed by atoms with Crippen LogP contribution in [0.4, 0.5) is 0 Å². The number of thioether (sulfide) groups is 1. The van der Waals surface area contributed by atoms with Gasteiger partial charge in [0.15, 0.2) is 5.76 Å². The summed E-state index contributed by atoms with van der Waals surface area (Å²) in [6, 6.07) is 16.3. The topological polar surface area (TPSA) is 51.3 Å². The summed E-state index contributed by atoms with van der Waals surface area (Å²) in [5.74, 6) is 1.24. The number of carbonyl (C=O) groups excluding carboxylic acids is 1. The van der Waals surface area contributed by atoms with Crippen LogP contribution in [0.15, 0.2) is 59.1 Å². The van der Waals surface area contributed by atoms with Crippen molar-refractivity contribution in [3.63, 3.8) is 0 Å². The number of amides is 1. The van der Waals surface area contributed by atoms with Crippen molar-refractivity contribution in [2.75, 3.05) is 19.3 Å². The Labute approximate surface area is 167 Å². The lowest BCUT2D eigenvalue weighted by atomic mass is 10.1. The highest BCUT2D eigenvalue weighted by Gasteiger charge is 2.32. The van der Waals surface area contributed by atoms with E-state index in [-0.39, 0.29) is 11.9 Å². The third kappa shape index (κ3) is 2.79. The van der Waals surface area contributed by atoms with Crippen LogP contribution in [0, 0.1) is 0 Å². The molecule has 142 valence electrons. The Hall–Kier alpha value is -2.73. The second kappa shape index (κ2) is 7.02. The van der Waals surface area contributed by atoms with Crippen LogP contribution in [0.1, 0.15) is 28.6 Å². The fourth-order valence-corrected chi connectivity index (χ4v) is 4.69. The summed E-state index contributed by atoms with van der Waals surface area (Å²) in [5, 5.41) is 6.74. The van der Waals surface area contributed by atoms with Crippen LogP contribution in [0.5, 0.6) is 0 Å². The zero-order valence-corrected chi connectivity index (χ0v) is 16.5. The van der Waals surface area contributed by atoms with Crippen LogP contribution >= 0.6 is 11.8 Å². The lowest BCUT2D eigenvalue weighted by molar-refractivity contribution is 0.0757. The van der Waals surface area contributed by atoms with Crippen LogP contribution in [-0.2, 0) is 5.75 Å². The highest BCUT2D eigenvalue weighted by Crippen LogP contribution is 2.32. The molecular weight excluding hydrogens is 370 g/mol. The van der Waals surface area contributed by atoms with Gasteiger partial charge in [0.2, 0.25) is 0 Å². The molecule has 3 heterocycles. The first-order valence-electron chi connectivity index (χ1n) is 9.47. The Morgan fingerprint density at radius 3 is 2.93 bits per heavy atom. The molecule has 1 unspecified atom stereocenters. The normalized spacial score (nSPS) is 17.0. The third-order valence-corrected chi connectivity index (χ3v) is 6.06. The number of rotatable bonds is 4. The predicted molar refractivity (Wildman–Crippen MR) is 113 cm³/mol. The third-order valence-electron chi connectivity index (χ3n) is 5.48. The highest BCUT2D eigenvalue weighted by atomic mass is 32.2. The van der Waals surface area contributed by atoms with Crippen LogP contribution < -0.4 is 0 Å². The standard InChI is InChI=1S/C22H21N3O2S/c1-28-14-18-17-7-3-5-9-20(17)27-21(18)22(26)24-11-10-16(13-24)25-19-8-4-2-6-15(19)12-23-25/h2-9,12,16H,10-11,13-14H2,1H3. The minimum Gasteiger partial charge on any atom is -0.451 e. The molecule has 0 spiro atoms. The van der Waals surface area contributed by atoms with Crippen molar-refractivity contribution in [2.45, 2.75) is 18.2 Å². The number of nitrogens with zero attached hydrogens (tertiary/aromatic N) is 3. The second-order valence-corrected chi connectivity index (χ2v) is 8.05. The van der Waals surface area contributed by atoms with Gasteiger partial charge in [-0.2, -0.15) is 16.9 Å². The van der Waals surface area contributed by atoms with Gasteiger partial charge in [-0.1, -0.05) is 36.4 Å². The number of para-hydroxylation sites is 2. The lowest BCUT2D eigenvalue weighted by Crippen LogP contribution is -2.29. The second-order valence-electron chi connectivity index (χ2n) is 7.18.